The highest BCUT2D eigenvalue weighted by molar-refractivity contribution is 9.10. The van der Waals surface area contributed by atoms with Gasteiger partial charge in [0.15, 0.2) is 11.5 Å². The molecule has 88 valence electrons. The maximum atomic E-state index is 10.0. The second-order valence-electron chi connectivity index (χ2n) is 4.41. The Morgan fingerprint density at radius 1 is 1.50 bits per heavy atom. The van der Waals surface area contributed by atoms with Gasteiger partial charge in [0.2, 0.25) is 0 Å². The fraction of sp³-hybridized carbons (Fsp3) is 0.500. The molecule has 2 rings (SSSR count). The van der Waals surface area contributed by atoms with Crippen LogP contribution >= 0.6 is 15.9 Å². The quantitative estimate of drug-likeness (QED) is 0.898. The molecule has 0 saturated heterocycles. The van der Waals surface area contributed by atoms with E-state index in [9.17, 15) is 10.2 Å². The fourth-order valence-electron chi connectivity index (χ4n) is 1.78. The second-order valence-corrected chi connectivity index (χ2v) is 5.27. The number of phenolic OH excluding ortho intramolecular Hbond substituents is 1. The van der Waals surface area contributed by atoms with Crippen LogP contribution in [0.4, 0.5) is 0 Å². The summed E-state index contributed by atoms with van der Waals surface area (Å²) in [5.41, 5.74) is 1.11. The third-order valence-electron chi connectivity index (χ3n) is 3.14. The molecule has 1 aromatic carbocycles. The lowest BCUT2D eigenvalue weighted by molar-refractivity contribution is 0.149. The predicted molar refractivity (Wildman–Crippen MR) is 65.0 cm³/mol. The van der Waals surface area contributed by atoms with Gasteiger partial charge in [0, 0.05) is 16.5 Å². The van der Waals surface area contributed by atoms with Gasteiger partial charge < -0.3 is 14.9 Å². The maximum Gasteiger partial charge on any atom is 0.161 e. The molecule has 16 heavy (non-hydrogen) atoms. The normalized spacial score (nSPS) is 17.2. The van der Waals surface area contributed by atoms with Crippen molar-refractivity contribution in [3.63, 3.8) is 0 Å². The zero-order chi connectivity index (χ0) is 11.9. The standard InChI is InChI=1S/C12H15BrO3/c1-7-8(6-12(15)3-4-12)11(14)10(16-2)5-9(7)13/h5,14-15H,3-4,6H2,1-2H3. The molecular weight excluding hydrogens is 272 g/mol. The van der Waals surface area contributed by atoms with Gasteiger partial charge in [0.1, 0.15) is 0 Å². The van der Waals surface area contributed by atoms with E-state index in [4.69, 9.17) is 4.74 Å². The average Bonchev–Trinajstić information content (AvgIpc) is 2.97. The molecule has 0 radical (unpaired) electrons. The minimum Gasteiger partial charge on any atom is -0.504 e. The van der Waals surface area contributed by atoms with Crippen molar-refractivity contribution in [1.29, 1.82) is 0 Å². The summed E-state index contributed by atoms with van der Waals surface area (Å²) in [6, 6.07) is 1.74. The van der Waals surface area contributed by atoms with Gasteiger partial charge in [-0.1, -0.05) is 15.9 Å². The van der Waals surface area contributed by atoms with E-state index in [1.807, 2.05) is 6.92 Å². The predicted octanol–water partition coefficient (Wildman–Crippen LogP) is 2.54. The van der Waals surface area contributed by atoms with Crippen molar-refractivity contribution in [2.45, 2.75) is 31.8 Å². The summed E-state index contributed by atoms with van der Waals surface area (Å²) in [5.74, 6) is 0.584. The molecule has 0 bridgehead atoms. The fourth-order valence-corrected chi connectivity index (χ4v) is 2.23. The molecule has 2 N–H and O–H groups in total. The Kier molecular flexibility index (Phi) is 2.88. The van der Waals surface area contributed by atoms with Gasteiger partial charge in [-0.15, -0.1) is 0 Å². The molecular formula is C12H15BrO3. The number of rotatable bonds is 3. The second kappa shape index (κ2) is 3.93. The molecule has 1 fully saturated rings. The molecule has 4 heteroatoms. The Morgan fingerprint density at radius 2 is 2.12 bits per heavy atom. The van der Waals surface area contributed by atoms with E-state index in [0.29, 0.717) is 12.2 Å². The lowest BCUT2D eigenvalue weighted by Crippen LogP contribution is -2.12. The van der Waals surface area contributed by atoms with Crippen LogP contribution in [-0.4, -0.2) is 22.9 Å². The van der Waals surface area contributed by atoms with Crippen molar-refractivity contribution in [2.24, 2.45) is 0 Å². The van der Waals surface area contributed by atoms with E-state index < -0.39 is 5.60 Å². The van der Waals surface area contributed by atoms with Crippen LogP contribution in [-0.2, 0) is 6.42 Å². The Bertz CT molecular complexity index is 425. The molecule has 0 spiro atoms. The lowest BCUT2D eigenvalue weighted by Gasteiger charge is -2.16. The van der Waals surface area contributed by atoms with E-state index in [-0.39, 0.29) is 5.75 Å². The number of aromatic hydroxyl groups is 1. The van der Waals surface area contributed by atoms with Gasteiger partial charge in [-0.3, -0.25) is 0 Å². The molecule has 0 aliphatic heterocycles. The third kappa shape index (κ3) is 2.04. The summed E-state index contributed by atoms with van der Waals surface area (Å²) < 4.78 is 5.98. The van der Waals surface area contributed by atoms with E-state index in [0.717, 1.165) is 28.4 Å². The first-order valence-corrected chi connectivity index (χ1v) is 6.03. The van der Waals surface area contributed by atoms with Crippen LogP contribution in [0, 0.1) is 6.92 Å². The van der Waals surface area contributed by atoms with Gasteiger partial charge in [-0.05, 0) is 31.4 Å². The number of hydrogen-bond acceptors (Lipinski definition) is 3. The van der Waals surface area contributed by atoms with Gasteiger partial charge in [-0.25, -0.2) is 0 Å². The van der Waals surface area contributed by atoms with E-state index in [2.05, 4.69) is 15.9 Å². The first-order valence-electron chi connectivity index (χ1n) is 5.24. The van der Waals surface area contributed by atoms with Crippen molar-refractivity contribution in [3.05, 3.63) is 21.7 Å². The Hall–Kier alpha value is -0.740. The highest BCUT2D eigenvalue weighted by atomic mass is 79.9. The Morgan fingerprint density at radius 3 is 2.62 bits per heavy atom. The van der Waals surface area contributed by atoms with Crippen LogP contribution in [0.25, 0.3) is 0 Å². The van der Waals surface area contributed by atoms with Crippen LogP contribution in [0.3, 0.4) is 0 Å². The molecule has 1 aromatic rings. The molecule has 0 unspecified atom stereocenters. The Labute approximate surface area is 103 Å². The van der Waals surface area contributed by atoms with Crippen LogP contribution in [0.2, 0.25) is 0 Å². The van der Waals surface area contributed by atoms with Crippen LogP contribution in [0.15, 0.2) is 10.5 Å². The van der Waals surface area contributed by atoms with Crippen molar-refractivity contribution in [2.75, 3.05) is 7.11 Å². The maximum absolute atomic E-state index is 10.0. The van der Waals surface area contributed by atoms with Crippen molar-refractivity contribution < 1.29 is 14.9 Å². The number of benzene rings is 1. The summed E-state index contributed by atoms with van der Waals surface area (Å²) in [5, 5.41) is 19.9. The first-order chi connectivity index (χ1) is 7.47. The largest absolute Gasteiger partial charge is 0.504 e. The van der Waals surface area contributed by atoms with Crippen molar-refractivity contribution in [3.8, 4) is 11.5 Å². The van der Waals surface area contributed by atoms with Gasteiger partial charge in [0.25, 0.3) is 0 Å². The molecule has 0 heterocycles. The van der Waals surface area contributed by atoms with Gasteiger partial charge in [0.05, 0.1) is 12.7 Å². The molecule has 1 aliphatic rings. The zero-order valence-electron chi connectivity index (χ0n) is 9.38. The number of ether oxygens (including phenoxy) is 1. The minimum atomic E-state index is -0.617. The number of methoxy groups -OCH3 is 1. The molecule has 1 aliphatic carbocycles. The highest BCUT2D eigenvalue weighted by Crippen LogP contribution is 2.44. The number of aliphatic hydroxyl groups is 1. The summed E-state index contributed by atoms with van der Waals surface area (Å²) in [6.07, 6.45) is 2.10. The van der Waals surface area contributed by atoms with Gasteiger partial charge in [-0.2, -0.15) is 0 Å². The SMILES string of the molecule is COc1cc(Br)c(C)c(CC2(O)CC2)c1O. The average molecular weight is 287 g/mol. The van der Waals surface area contributed by atoms with Crippen LogP contribution in [0.1, 0.15) is 24.0 Å². The first kappa shape index (κ1) is 11.7. The summed E-state index contributed by atoms with van der Waals surface area (Å²) >= 11 is 3.43. The zero-order valence-corrected chi connectivity index (χ0v) is 11.0. The molecule has 0 atom stereocenters. The molecule has 0 amide bonds. The highest BCUT2D eigenvalue weighted by Gasteiger charge is 2.41. The van der Waals surface area contributed by atoms with E-state index in [1.165, 1.54) is 7.11 Å². The number of hydrogen-bond donors (Lipinski definition) is 2. The van der Waals surface area contributed by atoms with E-state index in [1.54, 1.807) is 6.07 Å². The summed E-state index contributed by atoms with van der Waals surface area (Å²) in [4.78, 5) is 0. The number of phenols is 1. The topological polar surface area (TPSA) is 49.7 Å². The van der Waals surface area contributed by atoms with Crippen LogP contribution in [0.5, 0.6) is 11.5 Å². The smallest absolute Gasteiger partial charge is 0.161 e. The monoisotopic (exact) mass is 286 g/mol. The van der Waals surface area contributed by atoms with Crippen molar-refractivity contribution in [1.82, 2.24) is 0 Å². The third-order valence-corrected chi connectivity index (χ3v) is 3.96. The van der Waals surface area contributed by atoms with E-state index >= 15 is 0 Å². The summed E-state index contributed by atoms with van der Waals surface area (Å²) in [6.45, 7) is 1.92. The molecule has 3 nitrogen and oxygen atoms in total. The summed E-state index contributed by atoms with van der Waals surface area (Å²) in [7, 11) is 1.52. The minimum absolute atomic E-state index is 0.142. The number of halogens is 1. The van der Waals surface area contributed by atoms with Crippen LogP contribution < -0.4 is 4.74 Å². The van der Waals surface area contributed by atoms with Gasteiger partial charge >= 0.3 is 0 Å². The van der Waals surface area contributed by atoms with Crippen molar-refractivity contribution >= 4 is 15.9 Å². The molecule has 1 saturated carbocycles. The Balaban J connectivity index is 2.44. The molecule has 0 aromatic heterocycles. The lowest BCUT2D eigenvalue weighted by atomic mass is 9.99.